The second-order valence-corrected chi connectivity index (χ2v) is 9.15. The molecule has 5 rings (SSSR count). The molecule has 1 aromatic heterocycles. The Morgan fingerprint density at radius 1 is 0.972 bits per heavy atom. The molecule has 0 aliphatic heterocycles. The highest BCUT2D eigenvalue weighted by molar-refractivity contribution is 5.79. The maximum absolute atomic E-state index is 12.4. The number of amides is 1. The maximum Gasteiger partial charge on any atom is 0.407 e. The molecule has 4 aromatic rings. The molecule has 0 saturated carbocycles. The van der Waals surface area contributed by atoms with Gasteiger partial charge in [0.2, 0.25) is 0 Å². The first-order valence-electron chi connectivity index (χ1n) is 12.0. The van der Waals surface area contributed by atoms with Crippen molar-refractivity contribution in [2.45, 2.75) is 32.0 Å². The molecule has 184 valence electrons. The zero-order valence-electron chi connectivity index (χ0n) is 20.3. The summed E-state index contributed by atoms with van der Waals surface area (Å²) in [7, 11) is 0. The van der Waals surface area contributed by atoms with E-state index in [0.717, 1.165) is 39.3 Å². The molecule has 1 aliphatic carbocycles. The third kappa shape index (κ3) is 4.63. The van der Waals surface area contributed by atoms with Gasteiger partial charge in [0, 0.05) is 18.2 Å². The van der Waals surface area contributed by atoms with Crippen LogP contribution in [0.3, 0.4) is 0 Å². The van der Waals surface area contributed by atoms with Gasteiger partial charge in [0.25, 0.3) is 0 Å². The highest BCUT2D eigenvalue weighted by Crippen LogP contribution is 2.44. The lowest BCUT2D eigenvalue weighted by atomic mass is 9.98. The Morgan fingerprint density at radius 2 is 1.64 bits per heavy atom. The number of nitrogens with one attached hydrogen (secondary N) is 1. The van der Waals surface area contributed by atoms with Crippen molar-refractivity contribution >= 4 is 6.09 Å². The summed E-state index contributed by atoms with van der Waals surface area (Å²) in [5.74, 6) is -0.0456. The standard InChI is InChI=1S/C29H29N3O4/c1-18-14-19(2)32(31-18)21-9-7-8-20(15-21)28(34)27(33)16-30-29(35)36-17-26-24-12-5-3-10-22(24)23-11-4-6-13-25(23)26/h3-15,26-28,33-34H,16-17H2,1-2H3,(H,30,35). The van der Waals surface area contributed by atoms with Gasteiger partial charge in [-0.3, -0.25) is 0 Å². The molecule has 3 aromatic carbocycles. The molecule has 7 heteroatoms. The zero-order valence-corrected chi connectivity index (χ0v) is 20.3. The summed E-state index contributed by atoms with van der Waals surface area (Å²) in [5.41, 5.74) is 7.75. The lowest BCUT2D eigenvalue weighted by molar-refractivity contribution is 0.0185. The van der Waals surface area contributed by atoms with Gasteiger partial charge in [0.05, 0.1) is 11.4 Å². The largest absolute Gasteiger partial charge is 0.449 e. The van der Waals surface area contributed by atoms with Gasteiger partial charge >= 0.3 is 6.09 Å². The summed E-state index contributed by atoms with van der Waals surface area (Å²) in [4.78, 5) is 12.4. The van der Waals surface area contributed by atoms with Crippen LogP contribution in [-0.4, -0.2) is 45.3 Å². The van der Waals surface area contributed by atoms with E-state index in [1.807, 2.05) is 50.2 Å². The number of benzene rings is 3. The Morgan fingerprint density at radius 3 is 2.28 bits per heavy atom. The number of aliphatic hydroxyl groups is 2. The SMILES string of the molecule is Cc1cc(C)n(-c2cccc(C(O)C(O)CNC(=O)OCC3c4ccccc4-c4ccccc43)c2)n1. The van der Waals surface area contributed by atoms with Crippen LogP contribution in [0.2, 0.25) is 0 Å². The fourth-order valence-corrected chi connectivity index (χ4v) is 4.90. The molecule has 3 N–H and O–H groups in total. The quantitative estimate of drug-likeness (QED) is 0.362. The predicted molar refractivity (Wildman–Crippen MR) is 137 cm³/mol. The summed E-state index contributed by atoms with van der Waals surface area (Å²) in [6, 6.07) is 25.4. The molecule has 0 radical (unpaired) electrons. The average Bonchev–Trinajstić information content (AvgIpc) is 3.41. The number of nitrogens with zero attached hydrogens (tertiary/aromatic N) is 2. The molecule has 1 amide bonds. The van der Waals surface area contributed by atoms with E-state index in [9.17, 15) is 15.0 Å². The third-order valence-corrected chi connectivity index (χ3v) is 6.63. The van der Waals surface area contributed by atoms with Crippen molar-refractivity contribution in [2.24, 2.45) is 0 Å². The Bertz CT molecular complexity index is 1350. The van der Waals surface area contributed by atoms with Crippen molar-refractivity contribution in [3.63, 3.8) is 0 Å². The summed E-state index contributed by atoms with van der Waals surface area (Å²) in [5, 5.41) is 28.3. The first kappa shape index (κ1) is 23.8. The van der Waals surface area contributed by atoms with E-state index in [0.29, 0.717) is 5.56 Å². The van der Waals surface area contributed by atoms with Crippen molar-refractivity contribution in [3.8, 4) is 16.8 Å². The first-order chi connectivity index (χ1) is 17.4. The van der Waals surface area contributed by atoms with E-state index < -0.39 is 18.3 Å². The highest BCUT2D eigenvalue weighted by atomic mass is 16.5. The zero-order chi connectivity index (χ0) is 25.2. The number of carbonyl (C=O) groups excluding carboxylic acids is 1. The van der Waals surface area contributed by atoms with Crippen LogP contribution in [0.4, 0.5) is 4.79 Å². The first-order valence-corrected chi connectivity index (χ1v) is 12.0. The topological polar surface area (TPSA) is 96.6 Å². The van der Waals surface area contributed by atoms with Crippen LogP contribution >= 0.6 is 0 Å². The minimum atomic E-state index is -1.21. The van der Waals surface area contributed by atoms with Crippen LogP contribution in [-0.2, 0) is 4.74 Å². The number of aromatic nitrogens is 2. The summed E-state index contributed by atoms with van der Waals surface area (Å²) in [6.07, 6.45) is -3.03. The van der Waals surface area contributed by atoms with Crippen LogP contribution in [0.1, 0.15) is 40.1 Å². The van der Waals surface area contributed by atoms with Gasteiger partial charge in [-0.05, 0) is 59.9 Å². The van der Waals surface area contributed by atoms with Crippen LogP contribution < -0.4 is 5.32 Å². The average molecular weight is 484 g/mol. The highest BCUT2D eigenvalue weighted by Gasteiger charge is 2.29. The number of aryl methyl sites for hydroxylation is 2. The molecule has 0 saturated heterocycles. The van der Waals surface area contributed by atoms with Crippen LogP contribution in [0.25, 0.3) is 16.8 Å². The second-order valence-electron chi connectivity index (χ2n) is 9.15. The summed E-state index contributed by atoms with van der Waals surface area (Å²) >= 11 is 0. The number of aliphatic hydroxyl groups excluding tert-OH is 2. The van der Waals surface area contributed by atoms with E-state index in [2.05, 4.69) is 34.7 Å². The number of ether oxygens (including phenoxy) is 1. The van der Waals surface area contributed by atoms with Crippen LogP contribution in [0, 0.1) is 13.8 Å². The third-order valence-electron chi connectivity index (χ3n) is 6.63. The number of alkyl carbamates (subject to hydrolysis) is 1. The summed E-state index contributed by atoms with van der Waals surface area (Å²) < 4.78 is 7.30. The van der Waals surface area contributed by atoms with Gasteiger partial charge in [0.15, 0.2) is 0 Å². The van der Waals surface area contributed by atoms with Crippen LogP contribution in [0.15, 0.2) is 78.9 Å². The number of hydrogen-bond donors (Lipinski definition) is 3. The lowest BCUT2D eigenvalue weighted by Crippen LogP contribution is -2.36. The molecule has 1 heterocycles. The van der Waals surface area contributed by atoms with Crippen molar-refractivity contribution in [1.82, 2.24) is 15.1 Å². The van der Waals surface area contributed by atoms with Crippen LogP contribution in [0.5, 0.6) is 0 Å². The van der Waals surface area contributed by atoms with Crippen molar-refractivity contribution in [2.75, 3.05) is 13.2 Å². The molecule has 0 fully saturated rings. The number of fused-ring (bicyclic) bond motifs is 3. The Balaban J connectivity index is 1.18. The molecular weight excluding hydrogens is 454 g/mol. The van der Waals surface area contributed by atoms with E-state index >= 15 is 0 Å². The fourth-order valence-electron chi connectivity index (χ4n) is 4.90. The Kier molecular flexibility index (Phi) is 6.59. The normalized spacial score (nSPS) is 14.1. The molecular formula is C29H29N3O4. The molecule has 0 spiro atoms. The number of rotatable bonds is 7. The Labute approximate surface area is 210 Å². The van der Waals surface area contributed by atoms with Gasteiger partial charge in [-0.1, -0.05) is 60.7 Å². The van der Waals surface area contributed by atoms with E-state index in [1.165, 1.54) is 0 Å². The molecule has 2 atom stereocenters. The van der Waals surface area contributed by atoms with E-state index in [1.54, 1.807) is 22.9 Å². The molecule has 7 nitrogen and oxygen atoms in total. The predicted octanol–water partition coefficient (Wildman–Crippen LogP) is 4.42. The molecule has 0 bridgehead atoms. The van der Waals surface area contributed by atoms with Gasteiger partial charge in [-0.2, -0.15) is 5.10 Å². The minimum Gasteiger partial charge on any atom is -0.449 e. The molecule has 1 aliphatic rings. The number of hydrogen-bond acceptors (Lipinski definition) is 5. The molecule has 36 heavy (non-hydrogen) atoms. The van der Waals surface area contributed by atoms with E-state index in [4.69, 9.17) is 4.74 Å². The summed E-state index contributed by atoms with van der Waals surface area (Å²) in [6.45, 7) is 3.91. The smallest absolute Gasteiger partial charge is 0.407 e. The van der Waals surface area contributed by atoms with Gasteiger partial charge in [-0.15, -0.1) is 0 Å². The maximum atomic E-state index is 12.4. The molecule has 2 unspecified atom stereocenters. The number of carbonyl (C=O) groups is 1. The Hall–Kier alpha value is -3.94. The minimum absolute atomic E-state index is 0.0456. The monoisotopic (exact) mass is 483 g/mol. The van der Waals surface area contributed by atoms with Crippen molar-refractivity contribution in [1.29, 1.82) is 0 Å². The lowest BCUT2D eigenvalue weighted by Gasteiger charge is -2.20. The fraction of sp³-hybridized carbons (Fsp3) is 0.241. The van der Waals surface area contributed by atoms with Gasteiger partial charge in [0.1, 0.15) is 18.8 Å². The van der Waals surface area contributed by atoms with Gasteiger partial charge < -0.3 is 20.3 Å². The van der Waals surface area contributed by atoms with Gasteiger partial charge in [-0.25, -0.2) is 9.48 Å². The van der Waals surface area contributed by atoms with Crippen molar-refractivity contribution in [3.05, 3.63) is 107 Å². The second kappa shape index (κ2) is 9.97. The van der Waals surface area contributed by atoms with Crippen molar-refractivity contribution < 1.29 is 19.7 Å². The van der Waals surface area contributed by atoms with E-state index in [-0.39, 0.29) is 19.1 Å².